The molecule has 1 aliphatic heterocycles. The molecule has 1 atom stereocenters. The summed E-state index contributed by atoms with van der Waals surface area (Å²) in [4.78, 5) is 0. The lowest BCUT2D eigenvalue weighted by Gasteiger charge is -2.27. The largest absolute Gasteiger partial charge is 0.493 e. The summed E-state index contributed by atoms with van der Waals surface area (Å²) < 4.78 is 23.1. The third-order valence-corrected chi connectivity index (χ3v) is 5.15. The second-order valence-electron chi connectivity index (χ2n) is 7.11. The molecular weight excluding hydrogens is 388 g/mol. The smallest absolute Gasteiger partial charge is 0.169 e. The van der Waals surface area contributed by atoms with Crippen molar-refractivity contribution in [3.63, 3.8) is 0 Å². The van der Waals surface area contributed by atoms with Crippen LogP contribution in [0.25, 0.3) is 12.2 Å². The predicted octanol–water partition coefficient (Wildman–Crippen LogP) is 6.33. The maximum Gasteiger partial charge on any atom is 0.169 e. The molecule has 0 saturated carbocycles. The zero-order valence-corrected chi connectivity index (χ0v) is 18.0. The topological polar surface area (TPSA) is 36.9 Å². The Labute approximate surface area is 183 Å². The van der Waals surface area contributed by atoms with Crippen molar-refractivity contribution in [1.29, 1.82) is 0 Å². The molecule has 0 fully saturated rings. The van der Waals surface area contributed by atoms with Gasteiger partial charge in [0.1, 0.15) is 6.10 Å². The second kappa shape index (κ2) is 9.43. The van der Waals surface area contributed by atoms with Crippen LogP contribution in [0.3, 0.4) is 0 Å². The van der Waals surface area contributed by atoms with Gasteiger partial charge < -0.3 is 18.9 Å². The van der Waals surface area contributed by atoms with Gasteiger partial charge in [-0.3, -0.25) is 0 Å². The van der Waals surface area contributed by atoms with E-state index in [4.69, 9.17) is 18.9 Å². The van der Waals surface area contributed by atoms with Gasteiger partial charge in [-0.05, 0) is 47.9 Å². The van der Waals surface area contributed by atoms with Crippen LogP contribution in [-0.2, 0) is 0 Å². The molecule has 0 radical (unpaired) electrons. The zero-order valence-electron chi connectivity index (χ0n) is 18.0. The molecule has 1 unspecified atom stereocenters. The van der Waals surface area contributed by atoms with Crippen LogP contribution in [-0.4, -0.2) is 20.8 Å². The summed E-state index contributed by atoms with van der Waals surface area (Å²) in [5.41, 5.74) is 4.16. The molecule has 0 aliphatic carbocycles. The number of ether oxygens (including phenoxy) is 4. The van der Waals surface area contributed by atoms with E-state index in [1.165, 1.54) is 0 Å². The van der Waals surface area contributed by atoms with Crippen LogP contribution in [0.2, 0.25) is 0 Å². The summed E-state index contributed by atoms with van der Waals surface area (Å²) in [6.45, 7) is 2.57. The van der Waals surface area contributed by atoms with Gasteiger partial charge in [-0.1, -0.05) is 60.7 Å². The Bertz CT molecular complexity index is 1100. The molecule has 0 N–H and O–H groups in total. The molecule has 0 spiro atoms. The molecule has 4 nitrogen and oxygen atoms in total. The molecule has 0 amide bonds. The van der Waals surface area contributed by atoms with Gasteiger partial charge >= 0.3 is 0 Å². The quantitative estimate of drug-likeness (QED) is 0.452. The minimum atomic E-state index is -0.230. The first-order chi connectivity index (χ1) is 15.2. The minimum absolute atomic E-state index is 0.230. The summed E-state index contributed by atoms with van der Waals surface area (Å²) in [6, 6.07) is 22.1. The molecule has 4 rings (SSSR count). The molecule has 0 saturated heterocycles. The fourth-order valence-corrected chi connectivity index (χ4v) is 3.66. The third kappa shape index (κ3) is 4.43. The normalized spacial score (nSPS) is 15.1. The molecule has 1 heterocycles. The standard InChI is InChI=1S/C27H26O4/c1-4-30-24-12-8-11-21-18-22(26(31-27(21)24)20-9-6-5-7-10-20)15-13-19-14-16-23(28-2)25(17-19)29-3/h5-18,26H,4H2,1-3H3/b15-13-. The highest BCUT2D eigenvalue weighted by atomic mass is 16.5. The summed E-state index contributed by atoms with van der Waals surface area (Å²) >= 11 is 0. The highest BCUT2D eigenvalue weighted by Crippen LogP contribution is 2.43. The average Bonchev–Trinajstić information content (AvgIpc) is 2.83. The lowest BCUT2D eigenvalue weighted by molar-refractivity contribution is 0.223. The SMILES string of the molecule is CCOc1cccc2c1OC(c1ccccc1)C(/C=C\c1ccc(OC)c(OC)c1)=C2. The monoisotopic (exact) mass is 414 g/mol. The van der Waals surface area contributed by atoms with Gasteiger partial charge in [-0.2, -0.15) is 0 Å². The van der Waals surface area contributed by atoms with E-state index in [1.807, 2.05) is 61.5 Å². The molecule has 3 aromatic rings. The molecule has 1 aliphatic rings. The Kier molecular flexibility index (Phi) is 6.27. The summed E-state index contributed by atoms with van der Waals surface area (Å²) in [5.74, 6) is 2.95. The van der Waals surface area contributed by atoms with Crippen LogP contribution in [0.1, 0.15) is 29.7 Å². The number of methoxy groups -OCH3 is 2. The Balaban J connectivity index is 1.74. The molecular formula is C27H26O4. The van der Waals surface area contributed by atoms with E-state index in [0.717, 1.165) is 33.8 Å². The van der Waals surface area contributed by atoms with Gasteiger partial charge in [-0.15, -0.1) is 0 Å². The van der Waals surface area contributed by atoms with Gasteiger partial charge in [-0.25, -0.2) is 0 Å². The lowest BCUT2D eigenvalue weighted by atomic mass is 9.95. The van der Waals surface area contributed by atoms with Crippen molar-refractivity contribution in [3.05, 3.63) is 95.1 Å². The van der Waals surface area contributed by atoms with E-state index in [9.17, 15) is 0 Å². The number of benzene rings is 3. The Morgan fingerprint density at radius 3 is 2.39 bits per heavy atom. The highest BCUT2D eigenvalue weighted by Gasteiger charge is 2.25. The fraction of sp³-hybridized carbons (Fsp3) is 0.185. The van der Waals surface area contributed by atoms with Crippen molar-refractivity contribution in [3.8, 4) is 23.0 Å². The lowest BCUT2D eigenvalue weighted by Crippen LogP contribution is -2.14. The van der Waals surface area contributed by atoms with Crippen molar-refractivity contribution in [2.45, 2.75) is 13.0 Å². The average molecular weight is 415 g/mol. The van der Waals surface area contributed by atoms with E-state index < -0.39 is 0 Å². The zero-order chi connectivity index (χ0) is 21.6. The molecule has 3 aromatic carbocycles. The molecule has 4 heteroatoms. The van der Waals surface area contributed by atoms with E-state index in [-0.39, 0.29) is 6.10 Å². The maximum atomic E-state index is 6.49. The molecule has 31 heavy (non-hydrogen) atoms. The van der Waals surface area contributed by atoms with E-state index in [2.05, 4.69) is 30.4 Å². The molecule has 0 bridgehead atoms. The number of fused-ring (bicyclic) bond motifs is 1. The molecule has 0 aromatic heterocycles. The van der Waals surface area contributed by atoms with Crippen molar-refractivity contribution in [2.24, 2.45) is 0 Å². The van der Waals surface area contributed by atoms with Gasteiger partial charge in [0.05, 0.1) is 20.8 Å². The van der Waals surface area contributed by atoms with Crippen molar-refractivity contribution >= 4 is 12.2 Å². The van der Waals surface area contributed by atoms with Crippen molar-refractivity contribution in [2.75, 3.05) is 20.8 Å². The van der Waals surface area contributed by atoms with Gasteiger partial charge in [0.25, 0.3) is 0 Å². The summed E-state index contributed by atoms with van der Waals surface area (Å²) in [5, 5.41) is 0. The van der Waals surface area contributed by atoms with Gasteiger partial charge in [0.2, 0.25) is 0 Å². The van der Waals surface area contributed by atoms with Crippen molar-refractivity contribution in [1.82, 2.24) is 0 Å². The van der Waals surface area contributed by atoms with E-state index in [1.54, 1.807) is 14.2 Å². The molecule has 158 valence electrons. The van der Waals surface area contributed by atoms with Crippen LogP contribution in [0.5, 0.6) is 23.0 Å². The van der Waals surface area contributed by atoms with E-state index in [0.29, 0.717) is 18.1 Å². The van der Waals surface area contributed by atoms with Crippen LogP contribution in [0, 0.1) is 0 Å². The number of hydrogen-bond acceptors (Lipinski definition) is 4. The van der Waals surface area contributed by atoms with Crippen LogP contribution in [0.4, 0.5) is 0 Å². The number of para-hydroxylation sites is 1. The van der Waals surface area contributed by atoms with Crippen LogP contribution >= 0.6 is 0 Å². The Morgan fingerprint density at radius 2 is 1.65 bits per heavy atom. The summed E-state index contributed by atoms with van der Waals surface area (Å²) in [7, 11) is 3.27. The third-order valence-electron chi connectivity index (χ3n) is 5.15. The van der Waals surface area contributed by atoms with E-state index >= 15 is 0 Å². The number of rotatable bonds is 7. The maximum absolute atomic E-state index is 6.49. The first-order valence-electron chi connectivity index (χ1n) is 10.3. The fourth-order valence-electron chi connectivity index (χ4n) is 3.66. The Morgan fingerprint density at radius 1 is 0.839 bits per heavy atom. The predicted molar refractivity (Wildman–Crippen MR) is 124 cm³/mol. The Hall–Kier alpha value is -3.66. The first kappa shape index (κ1) is 20.6. The van der Waals surface area contributed by atoms with Gasteiger partial charge in [0.15, 0.2) is 23.0 Å². The second-order valence-corrected chi connectivity index (χ2v) is 7.11. The summed E-state index contributed by atoms with van der Waals surface area (Å²) in [6.07, 6.45) is 6.09. The first-order valence-corrected chi connectivity index (χ1v) is 10.3. The van der Waals surface area contributed by atoms with Crippen LogP contribution in [0.15, 0.2) is 78.4 Å². The highest BCUT2D eigenvalue weighted by molar-refractivity contribution is 5.71. The number of hydrogen-bond donors (Lipinski definition) is 0. The minimum Gasteiger partial charge on any atom is -0.493 e. The van der Waals surface area contributed by atoms with Crippen molar-refractivity contribution < 1.29 is 18.9 Å². The van der Waals surface area contributed by atoms with Gasteiger partial charge in [0, 0.05) is 5.56 Å². The van der Waals surface area contributed by atoms with Crippen LogP contribution < -0.4 is 18.9 Å².